The topological polar surface area (TPSA) is 51.2 Å². The van der Waals surface area contributed by atoms with Gasteiger partial charge in [-0.15, -0.1) is 0 Å². The van der Waals surface area contributed by atoms with E-state index in [4.69, 9.17) is 19.3 Å². The number of aliphatic hydroxyl groups excluding tert-OH is 1. The molecule has 0 bridgehead atoms. The summed E-state index contributed by atoms with van der Waals surface area (Å²) in [6, 6.07) is 0. The number of methoxy groups -OCH3 is 1. The van der Waals surface area contributed by atoms with Crippen molar-refractivity contribution in [3.63, 3.8) is 0 Å². The normalized spacial score (nSPS) is 29.5. The molecule has 16 heavy (non-hydrogen) atoms. The first kappa shape index (κ1) is 13.6. The summed E-state index contributed by atoms with van der Waals surface area (Å²) >= 11 is 0. The molecule has 0 radical (unpaired) electrons. The molecule has 1 fully saturated rings. The summed E-state index contributed by atoms with van der Waals surface area (Å²) in [7, 11) is 1.61. The van der Waals surface area contributed by atoms with Gasteiger partial charge in [0.1, 0.15) is 12.4 Å². The van der Waals surface area contributed by atoms with Gasteiger partial charge in [-0.1, -0.05) is 11.6 Å². The summed E-state index contributed by atoms with van der Waals surface area (Å²) in [6.45, 7) is 5.01. The highest BCUT2D eigenvalue weighted by molar-refractivity contribution is 5.02. The van der Waals surface area contributed by atoms with E-state index in [2.05, 4.69) is 13.0 Å². The van der Waals surface area contributed by atoms with E-state index in [1.165, 1.54) is 0 Å². The predicted molar refractivity (Wildman–Crippen MR) is 61.2 cm³/mol. The monoisotopic (exact) mass is 230 g/mol. The largest absolute Gasteiger partial charge is 0.392 e. The number of ether oxygens (including phenoxy) is 3. The van der Waals surface area contributed by atoms with Gasteiger partial charge in [0.05, 0.1) is 19.3 Å². The molecule has 2 atom stereocenters. The molecule has 1 aliphatic rings. The van der Waals surface area contributed by atoms with Crippen molar-refractivity contribution in [1.29, 1.82) is 0 Å². The zero-order valence-corrected chi connectivity index (χ0v) is 10.4. The minimum Gasteiger partial charge on any atom is -0.392 e. The molecule has 0 unspecified atom stereocenters. The van der Waals surface area contributed by atoms with Gasteiger partial charge >= 0.3 is 0 Å². The van der Waals surface area contributed by atoms with Gasteiger partial charge in [0.2, 0.25) is 0 Å². The molecule has 0 aliphatic carbocycles. The lowest BCUT2D eigenvalue weighted by molar-refractivity contribution is -0.0463. The fourth-order valence-electron chi connectivity index (χ4n) is 1.66. The van der Waals surface area contributed by atoms with E-state index in [-0.39, 0.29) is 18.3 Å². The lowest BCUT2D eigenvalue weighted by Gasteiger charge is -2.06. The summed E-state index contributed by atoms with van der Waals surface area (Å²) in [4.78, 5) is 0. The van der Waals surface area contributed by atoms with Gasteiger partial charge in [-0.2, -0.15) is 0 Å². The Kier molecular flexibility index (Phi) is 5.41. The van der Waals surface area contributed by atoms with Gasteiger partial charge in [-0.25, -0.2) is 0 Å². The van der Waals surface area contributed by atoms with Crippen molar-refractivity contribution in [3.05, 3.63) is 11.6 Å². The molecule has 1 rings (SSSR count). The molecule has 0 amide bonds. The van der Waals surface area contributed by atoms with Gasteiger partial charge in [0, 0.05) is 7.11 Å². The smallest absolute Gasteiger partial charge is 0.146 e. The number of hydrogen-bond acceptors (Lipinski definition) is 4. The van der Waals surface area contributed by atoms with Gasteiger partial charge in [-0.05, 0) is 26.7 Å². The van der Waals surface area contributed by atoms with Crippen LogP contribution in [-0.2, 0) is 14.2 Å². The Morgan fingerprint density at radius 2 is 2.31 bits per heavy atom. The second kappa shape index (κ2) is 6.35. The maximum Gasteiger partial charge on any atom is 0.146 e. The van der Waals surface area contributed by atoms with Gasteiger partial charge in [0.15, 0.2) is 0 Å². The van der Waals surface area contributed by atoms with E-state index in [9.17, 15) is 0 Å². The molecule has 94 valence electrons. The van der Waals surface area contributed by atoms with Crippen molar-refractivity contribution in [2.75, 3.05) is 27.1 Å². The Morgan fingerprint density at radius 1 is 1.56 bits per heavy atom. The number of allylic oxidation sites excluding steroid dienone is 1. The zero-order valence-electron chi connectivity index (χ0n) is 10.4. The van der Waals surface area contributed by atoms with Crippen LogP contribution in [0.1, 0.15) is 26.7 Å². The van der Waals surface area contributed by atoms with Crippen LogP contribution in [0.25, 0.3) is 0 Å². The van der Waals surface area contributed by atoms with Gasteiger partial charge in [-0.3, -0.25) is 0 Å². The average Bonchev–Trinajstić information content (AvgIpc) is 2.90. The van der Waals surface area contributed by atoms with E-state index in [1.54, 1.807) is 7.11 Å². The third-order valence-corrected chi connectivity index (χ3v) is 2.80. The van der Waals surface area contributed by atoms with Crippen LogP contribution in [0.4, 0.5) is 0 Å². The second-order valence-electron chi connectivity index (χ2n) is 4.46. The minimum absolute atomic E-state index is 0.139. The first-order valence-electron chi connectivity index (χ1n) is 5.63. The quantitative estimate of drug-likeness (QED) is 0.297. The minimum atomic E-state index is -0.139. The molecule has 0 saturated carbocycles. The van der Waals surface area contributed by atoms with Crippen molar-refractivity contribution in [3.8, 4) is 0 Å². The maximum atomic E-state index is 8.83. The highest BCUT2D eigenvalue weighted by Crippen LogP contribution is 2.39. The Labute approximate surface area is 97.2 Å². The molecule has 4 heteroatoms. The molecule has 0 spiro atoms. The standard InChI is InChI=1S/C12H22O4/c1-10(7-13)5-4-6-11-12(2,16-11)8-15-9-14-3/h5,11,13H,4,6-9H2,1-3H3/b10-5+/t11-,12+/m0/s1. The number of rotatable bonds is 8. The first-order chi connectivity index (χ1) is 7.62. The number of epoxide rings is 1. The van der Waals surface area contributed by atoms with E-state index < -0.39 is 0 Å². The Morgan fingerprint density at radius 3 is 2.94 bits per heavy atom. The summed E-state index contributed by atoms with van der Waals surface area (Å²) < 4.78 is 15.7. The molecule has 0 aromatic carbocycles. The molecule has 1 heterocycles. The molecule has 1 aliphatic heterocycles. The Balaban J connectivity index is 2.13. The first-order valence-corrected chi connectivity index (χ1v) is 5.63. The van der Waals surface area contributed by atoms with E-state index in [1.807, 2.05) is 6.92 Å². The fourth-order valence-corrected chi connectivity index (χ4v) is 1.66. The van der Waals surface area contributed by atoms with Crippen LogP contribution in [-0.4, -0.2) is 43.9 Å². The molecule has 0 aromatic heterocycles. The SMILES string of the molecule is COCOC[C@@]1(C)O[C@H]1CC/C=C(\C)CO. The van der Waals surface area contributed by atoms with Crippen LogP contribution in [0.5, 0.6) is 0 Å². The number of hydrogen-bond donors (Lipinski definition) is 1. The maximum absolute atomic E-state index is 8.83. The summed E-state index contributed by atoms with van der Waals surface area (Å²) in [6.07, 6.45) is 4.24. The van der Waals surface area contributed by atoms with Gasteiger partial charge in [0.25, 0.3) is 0 Å². The van der Waals surface area contributed by atoms with Crippen LogP contribution in [0.2, 0.25) is 0 Å². The molecule has 1 N–H and O–H groups in total. The molecule has 0 aromatic rings. The highest BCUT2D eigenvalue weighted by atomic mass is 16.7. The third-order valence-electron chi connectivity index (χ3n) is 2.80. The van der Waals surface area contributed by atoms with E-state index >= 15 is 0 Å². The van der Waals surface area contributed by atoms with E-state index in [0.717, 1.165) is 18.4 Å². The predicted octanol–water partition coefficient (Wildman–Crippen LogP) is 1.48. The summed E-state index contributed by atoms with van der Waals surface area (Å²) in [5.41, 5.74) is 0.873. The molecular weight excluding hydrogens is 208 g/mol. The molecule has 4 nitrogen and oxygen atoms in total. The summed E-state index contributed by atoms with van der Waals surface area (Å²) in [5, 5.41) is 8.83. The van der Waals surface area contributed by atoms with Crippen LogP contribution in [0, 0.1) is 0 Å². The van der Waals surface area contributed by atoms with Crippen LogP contribution >= 0.6 is 0 Å². The van der Waals surface area contributed by atoms with Crippen molar-refractivity contribution < 1.29 is 19.3 Å². The highest BCUT2D eigenvalue weighted by Gasteiger charge is 2.51. The second-order valence-corrected chi connectivity index (χ2v) is 4.46. The molecule has 1 saturated heterocycles. The molecular formula is C12H22O4. The lowest BCUT2D eigenvalue weighted by atomic mass is 10.0. The van der Waals surface area contributed by atoms with Crippen LogP contribution < -0.4 is 0 Å². The van der Waals surface area contributed by atoms with Crippen molar-refractivity contribution in [2.45, 2.75) is 38.4 Å². The van der Waals surface area contributed by atoms with Gasteiger partial charge < -0.3 is 19.3 Å². The average molecular weight is 230 g/mol. The fraction of sp³-hybridized carbons (Fsp3) is 0.833. The van der Waals surface area contributed by atoms with Crippen molar-refractivity contribution in [2.24, 2.45) is 0 Å². The number of aliphatic hydroxyl groups is 1. The lowest BCUT2D eigenvalue weighted by Crippen LogP contribution is -2.19. The zero-order chi connectivity index (χ0) is 12.0. The van der Waals surface area contributed by atoms with Crippen LogP contribution in [0.3, 0.4) is 0 Å². The third kappa shape index (κ3) is 4.22. The van der Waals surface area contributed by atoms with Crippen molar-refractivity contribution >= 4 is 0 Å². The van der Waals surface area contributed by atoms with E-state index in [0.29, 0.717) is 13.4 Å². The summed E-state index contributed by atoms with van der Waals surface area (Å²) in [5.74, 6) is 0. The van der Waals surface area contributed by atoms with Crippen LogP contribution in [0.15, 0.2) is 11.6 Å². The van der Waals surface area contributed by atoms with Crippen molar-refractivity contribution in [1.82, 2.24) is 0 Å². The Bertz CT molecular complexity index is 239. The Hall–Kier alpha value is -0.420.